The van der Waals surface area contributed by atoms with Crippen LogP contribution < -0.4 is 5.32 Å². The number of rotatable bonds is 3. The number of carboxylic acids is 1. The monoisotopic (exact) mass is 235 g/mol. The molecule has 1 amide bonds. The number of phenolic OH excluding ortho intramolecular Hbond substituents is 1. The highest BCUT2D eigenvalue weighted by Gasteiger charge is 2.35. The zero-order valence-corrected chi connectivity index (χ0v) is 9.09. The second kappa shape index (κ2) is 4.45. The van der Waals surface area contributed by atoms with Crippen molar-refractivity contribution in [3.63, 3.8) is 0 Å². The predicted octanol–water partition coefficient (Wildman–Crippen LogP) is 1.04. The number of hydrogen-bond donors (Lipinski definition) is 3. The summed E-state index contributed by atoms with van der Waals surface area (Å²) in [7, 11) is 0. The molecule has 2 rings (SSSR count). The standard InChI is InChI=1S/C12H13NO4/c14-9-4-2-1-3-8(9)12-7(6-11(16)17)5-10(15)13-12/h1-4,7,12,14H,5-6H2,(H,13,15)(H,16,17)/t7-,12+/m1/s1. The number of benzene rings is 1. The Morgan fingerprint density at radius 1 is 1.41 bits per heavy atom. The Kier molecular flexibility index (Phi) is 2.99. The van der Waals surface area contributed by atoms with Crippen LogP contribution in [0, 0.1) is 5.92 Å². The first-order chi connectivity index (χ1) is 8.08. The molecule has 1 aromatic rings. The van der Waals surface area contributed by atoms with Crippen LogP contribution in [0.2, 0.25) is 0 Å². The maximum atomic E-state index is 11.3. The van der Waals surface area contributed by atoms with Crippen LogP contribution in [0.3, 0.4) is 0 Å². The van der Waals surface area contributed by atoms with Crippen molar-refractivity contribution >= 4 is 11.9 Å². The number of carbonyl (C=O) groups excluding carboxylic acids is 1. The van der Waals surface area contributed by atoms with Crippen molar-refractivity contribution in [2.75, 3.05) is 0 Å². The van der Waals surface area contributed by atoms with Gasteiger partial charge >= 0.3 is 5.97 Å². The highest BCUT2D eigenvalue weighted by atomic mass is 16.4. The van der Waals surface area contributed by atoms with Gasteiger partial charge in [0.1, 0.15) is 5.75 Å². The second-order valence-corrected chi connectivity index (χ2v) is 4.17. The van der Waals surface area contributed by atoms with E-state index in [2.05, 4.69) is 5.32 Å². The number of carboxylic acid groups (broad SMARTS) is 1. The van der Waals surface area contributed by atoms with E-state index in [0.717, 1.165) is 0 Å². The summed E-state index contributed by atoms with van der Waals surface area (Å²) in [5.41, 5.74) is 0.574. The summed E-state index contributed by atoms with van der Waals surface area (Å²) in [6.07, 6.45) is 0.100. The Bertz CT molecular complexity index is 458. The molecule has 1 aliphatic rings. The van der Waals surface area contributed by atoms with Gasteiger partial charge in [-0.15, -0.1) is 0 Å². The van der Waals surface area contributed by atoms with Gasteiger partial charge in [0.15, 0.2) is 0 Å². The molecule has 90 valence electrons. The van der Waals surface area contributed by atoms with Gasteiger partial charge in [-0.25, -0.2) is 0 Å². The Balaban J connectivity index is 2.27. The molecule has 1 saturated heterocycles. The number of amides is 1. The van der Waals surface area contributed by atoms with Gasteiger partial charge in [0.25, 0.3) is 0 Å². The van der Waals surface area contributed by atoms with Crippen molar-refractivity contribution in [3.05, 3.63) is 29.8 Å². The summed E-state index contributed by atoms with van der Waals surface area (Å²) in [5.74, 6) is -1.35. The Morgan fingerprint density at radius 2 is 2.12 bits per heavy atom. The van der Waals surface area contributed by atoms with E-state index in [1.807, 2.05) is 0 Å². The highest BCUT2D eigenvalue weighted by Crippen LogP contribution is 2.36. The molecule has 2 atom stereocenters. The Hall–Kier alpha value is -2.04. The molecule has 0 unspecified atom stereocenters. The van der Waals surface area contributed by atoms with Crippen molar-refractivity contribution in [2.24, 2.45) is 5.92 Å². The van der Waals surface area contributed by atoms with Crippen molar-refractivity contribution in [2.45, 2.75) is 18.9 Å². The van der Waals surface area contributed by atoms with Crippen molar-refractivity contribution in [1.29, 1.82) is 0 Å². The average Bonchev–Trinajstić information content (AvgIpc) is 2.59. The number of aromatic hydroxyl groups is 1. The smallest absolute Gasteiger partial charge is 0.303 e. The van der Waals surface area contributed by atoms with Gasteiger partial charge < -0.3 is 15.5 Å². The molecule has 1 aromatic carbocycles. The predicted molar refractivity (Wildman–Crippen MR) is 59.4 cm³/mol. The van der Waals surface area contributed by atoms with E-state index in [-0.39, 0.29) is 30.4 Å². The third kappa shape index (κ3) is 2.38. The van der Waals surface area contributed by atoms with E-state index in [9.17, 15) is 14.7 Å². The molecule has 3 N–H and O–H groups in total. The van der Waals surface area contributed by atoms with E-state index in [0.29, 0.717) is 5.56 Å². The maximum Gasteiger partial charge on any atom is 0.303 e. The first kappa shape index (κ1) is 11.4. The lowest BCUT2D eigenvalue weighted by Crippen LogP contribution is -2.21. The van der Waals surface area contributed by atoms with Gasteiger partial charge in [-0.05, 0) is 6.07 Å². The minimum Gasteiger partial charge on any atom is -0.508 e. The molecule has 1 heterocycles. The second-order valence-electron chi connectivity index (χ2n) is 4.17. The number of hydrogen-bond acceptors (Lipinski definition) is 3. The molecule has 0 saturated carbocycles. The summed E-state index contributed by atoms with van der Waals surface area (Å²) in [6, 6.07) is 6.23. The van der Waals surface area contributed by atoms with Gasteiger partial charge in [0.05, 0.1) is 12.5 Å². The lowest BCUT2D eigenvalue weighted by Gasteiger charge is -2.18. The third-order valence-corrected chi connectivity index (χ3v) is 2.94. The minimum absolute atomic E-state index is 0.0788. The number of nitrogens with one attached hydrogen (secondary N) is 1. The molecule has 1 aliphatic heterocycles. The van der Waals surface area contributed by atoms with E-state index in [1.165, 1.54) is 6.07 Å². The summed E-state index contributed by atoms with van der Waals surface area (Å²) in [6.45, 7) is 0. The lowest BCUT2D eigenvalue weighted by atomic mass is 9.91. The molecule has 5 nitrogen and oxygen atoms in total. The minimum atomic E-state index is -0.938. The van der Waals surface area contributed by atoms with Crippen LogP contribution in [-0.2, 0) is 9.59 Å². The van der Waals surface area contributed by atoms with Crippen molar-refractivity contribution in [1.82, 2.24) is 5.32 Å². The van der Waals surface area contributed by atoms with Gasteiger partial charge in [-0.2, -0.15) is 0 Å². The van der Waals surface area contributed by atoms with Crippen LogP contribution in [0.25, 0.3) is 0 Å². The van der Waals surface area contributed by atoms with Crippen LogP contribution in [-0.4, -0.2) is 22.1 Å². The lowest BCUT2D eigenvalue weighted by molar-refractivity contribution is -0.138. The molecule has 5 heteroatoms. The van der Waals surface area contributed by atoms with Gasteiger partial charge in [-0.3, -0.25) is 9.59 Å². The summed E-state index contributed by atoms with van der Waals surface area (Å²) < 4.78 is 0. The molecular formula is C12H13NO4. The maximum absolute atomic E-state index is 11.3. The first-order valence-corrected chi connectivity index (χ1v) is 5.37. The fourth-order valence-electron chi connectivity index (χ4n) is 2.20. The summed E-state index contributed by atoms with van der Waals surface area (Å²) >= 11 is 0. The van der Waals surface area contributed by atoms with Crippen molar-refractivity contribution in [3.8, 4) is 5.75 Å². The van der Waals surface area contributed by atoms with Gasteiger partial charge in [0, 0.05) is 17.9 Å². The van der Waals surface area contributed by atoms with Crippen LogP contribution in [0.1, 0.15) is 24.4 Å². The van der Waals surface area contributed by atoms with E-state index >= 15 is 0 Å². The fraction of sp³-hybridized carbons (Fsp3) is 0.333. The molecule has 0 spiro atoms. The molecule has 0 radical (unpaired) electrons. The SMILES string of the molecule is O=C(O)C[C@H]1CC(=O)N[C@@H]1c1ccccc1O. The van der Waals surface area contributed by atoms with Crippen molar-refractivity contribution < 1.29 is 19.8 Å². The van der Waals surface area contributed by atoms with Gasteiger partial charge in [0.2, 0.25) is 5.91 Å². The molecule has 0 aliphatic carbocycles. The topological polar surface area (TPSA) is 86.6 Å². The molecule has 1 fully saturated rings. The molecule has 0 bridgehead atoms. The van der Waals surface area contributed by atoms with E-state index < -0.39 is 12.0 Å². The quantitative estimate of drug-likeness (QED) is 0.730. The number of para-hydroxylation sites is 1. The first-order valence-electron chi connectivity index (χ1n) is 5.37. The highest BCUT2D eigenvalue weighted by molar-refractivity contribution is 5.81. The van der Waals surface area contributed by atoms with Crippen LogP contribution in [0.4, 0.5) is 0 Å². The van der Waals surface area contributed by atoms with E-state index in [4.69, 9.17) is 5.11 Å². The number of carbonyl (C=O) groups is 2. The largest absolute Gasteiger partial charge is 0.508 e. The zero-order chi connectivity index (χ0) is 12.4. The van der Waals surface area contributed by atoms with Crippen LogP contribution >= 0.6 is 0 Å². The molecule has 0 aromatic heterocycles. The summed E-state index contributed by atoms with van der Waals surface area (Å²) in [5, 5.41) is 21.2. The van der Waals surface area contributed by atoms with Crippen LogP contribution in [0.15, 0.2) is 24.3 Å². The van der Waals surface area contributed by atoms with Gasteiger partial charge in [-0.1, -0.05) is 18.2 Å². The third-order valence-electron chi connectivity index (χ3n) is 2.94. The van der Waals surface area contributed by atoms with E-state index in [1.54, 1.807) is 18.2 Å². The Morgan fingerprint density at radius 3 is 2.76 bits per heavy atom. The molecule has 17 heavy (non-hydrogen) atoms. The normalized spacial score (nSPS) is 23.4. The molecular weight excluding hydrogens is 222 g/mol. The summed E-state index contributed by atoms with van der Waals surface area (Å²) in [4.78, 5) is 22.1. The van der Waals surface area contributed by atoms with Crippen LogP contribution in [0.5, 0.6) is 5.75 Å². The number of aliphatic carboxylic acids is 1. The average molecular weight is 235 g/mol. The Labute approximate surface area is 98.1 Å². The number of phenols is 1. The zero-order valence-electron chi connectivity index (χ0n) is 9.09. The fourth-order valence-corrected chi connectivity index (χ4v) is 2.20.